The van der Waals surface area contributed by atoms with Crippen molar-refractivity contribution in [2.24, 2.45) is 5.41 Å². The first-order valence-electron chi connectivity index (χ1n) is 6.14. The Balaban J connectivity index is 2.73. The third-order valence-electron chi connectivity index (χ3n) is 3.69. The van der Waals surface area contributed by atoms with Crippen molar-refractivity contribution in [1.29, 1.82) is 0 Å². The second kappa shape index (κ2) is 4.86. The van der Waals surface area contributed by atoms with Crippen LogP contribution >= 0.6 is 0 Å². The maximum atomic E-state index is 4.32. The van der Waals surface area contributed by atoms with Gasteiger partial charge in [0.25, 0.3) is 0 Å². The molecule has 0 radical (unpaired) electrons. The number of nitrogens with zero attached hydrogens (tertiary/aromatic N) is 1. The van der Waals surface area contributed by atoms with E-state index in [-0.39, 0.29) is 0 Å². The van der Waals surface area contributed by atoms with Crippen molar-refractivity contribution in [3.05, 3.63) is 12.3 Å². The molecule has 1 fully saturated rings. The van der Waals surface area contributed by atoms with Crippen molar-refractivity contribution >= 4 is 0 Å². The van der Waals surface area contributed by atoms with Crippen LogP contribution in [0.1, 0.15) is 52.9 Å². The lowest BCUT2D eigenvalue weighted by atomic mass is 9.76. The largest absolute Gasteiger partial charge is 0.375 e. The summed E-state index contributed by atoms with van der Waals surface area (Å²) in [5.41, 5.74) is 1.88. The van der Waals surface area contributed by atoms with Crippen molar-refractivity contribution in [3.63, 3.8) is 0 Å². The number of hydrogen-bond acceptors (Lipinski definition) is 1. The minimum Gasteiger partial charge on any atom is -0.375 e. The van der Waals surface area contributed by atoms with Crippen molar-refractivity contribution in [1.82, 2.24) is 4.90 Å². The zero-order chi connectivity index (χ0) is 10.6. The first kappa shape index (κ1) is 11.6. The summed E-state index contributed by atoms with van der Waals surface area (Å²) in [5.74, 6) is 0. The Labute approximate surface area is 89.2 Å². The van der Waals surface area contributed by atoms with Gasteiger partial charge in [-0.15, -0.1) is 0 Å². The molecule has 0 atom stereocenters. The lowest BCUT2D eigenvalue weighted by Gasteiger charge is -2.31. The van der Waals surface area contributed by atoms with E-state index in [4.69, 9.17) is 0 Å². The molecule has 0 aromatic heterocycles. The lowest BCUT2D eigenvalue weighted by molar-refractivity contribution is 0.292. The molecule has 1 nitrogen and oxygen atoms in total. The third kappa shape index (κ3) is 1.97. The molecule has 14 heavy (non-hydrogen) atoms. The van der Waals surface area contributed by atoms with Crippen LogP contribution in [-0.4, -0.2) is 18.0 Å². The zero-order valence-electron chi connectivity index (χ0n) is 10.1. The number of rotatable bonds is 5. The van der Waals surface area contributed by atoms with Crippen LogP contribution in [0.4, 0.5) is 0 Å². The van der Waals surface area contributed by atoms with Crippen LogP contribution in [0.5, 0.6) is 0 Å². The summed E-state index contributed by atoms with van der Waals surface area (Å²) in [7, 11) is 0. The minimum absolute atomic E-state index is 0.458. The molecule has 82 valence electrons. The Bertz CT molecular complexity index is 189. The summed E-state index contributed by atoms with van der Waals surface area (Å²) in [6, 6.07) is 0. The van der Waals surface area contributed by atoms with Crippen molar-refractivity contribution in [3.8, 4) is 0 Å². The highest BCUT2D eigenvalue weighted by Crippen LogP contribution is 2.46. The summed E-state index contributed by atoms with van der Waals surface area (Å²) in [6.45, 7) is 13.5. The van der Waals surface area contributed by atoms with Gasteiger partial charge in [0.2, 0.25) is 0 Å². The molecule has 0 bridgehead atoms. The molecule has 0 N–H and O–H groups in total. The van der Waals surface area contributed by atoms with Gasteiger partial charge in [-0.1, -0.05) is 33.3 Å². The predicted molar refractivity (Wildman–Crippen MR) is 63.3 cm³/mol. The van der Waals surface area contributed by atoms with E-state index < -0.39 is 0 Å². The summed E-state index contributed by atoms with van der Waals surface area (Å²) < 4.78 is 0. The van der Waals surface area contributed by atoms with Crippen LogP contribution in [0.15, 0.2) is 12.3 Å². The number of allylic oxidation sites excluding steroid dienone is 1. The second-order valence-electron chi connectivity index (χ2n) is 4.56. The van der Waals surface area contributed by atoms with E-state index in [1.807, 2.05) is 0 Å². The molecule has 0 saturated carbocycles. The SMILES string of the molecule is C=C1N(CC)CCC1(CCC)CCC. The Hall–Kier alpha value is -0.460. The van der Waals surface area contributed by atoms with Crippen molar-refractivity contribution in [2.45, 2.75) is 52.9 Å². The minimum atomic E-state index is 0.458. The molecule has 0 spiro atoms. The van der Waals surface area contributed by atoms with E-state index in [1.165, 1.54) is 44.3 Å². The van der Waals surface area contributed by atoms with Crippen LogP contribution in [0.25, 0.3) is 0 Å². The molecule has 0 unspecified atom stereocenters. The fraction of sp³-hybridized carbons (Fsp3) is 0.846. The van der Waals surface area contributed by atoms with Gasteiger partial charge in [0.1, 0.15) is 0 Å². The van der Waals surface area contributed by atoms with Gasteiger partial charge < -0.3 is 4.90 Å². The molecule has 1 aliphatic heterocycles. The van der Waals surface area contributed by atoms with E-state index in [0.29, 0.717) is 5.41 Å². The Morgan fingerprint density at radius 2 is 1.79 bits per heavy atom. The van der Waals surface area contributed by atoms with E-state index >= 15 is 0 Å². The lowest BCUT2D eigenvalue weighted by Crippen LogP contribution is -2.23. The summed E-state index contributed by atoms with van der Waals surface area (Å²) in [6.07, 6.45) is 6.57. The van der Waals surface area contributed by atoms with Gasteiger partial charge in [-0.2, -0.15) is 0 Å². The fourth-order valence-electron chi connectivity index (χ4n) is 2.93. The maximum absolute atomic E-state index is 4.32. The van der Waals surface area contributed by atoms with Crippen LogP contribution in [0.2, 0.25) is 0 Å². The van der Waals surface area contributed by atoms with Crippen LogP contribution in [-0.2, 0) is 0 Å². The Kier molecular flexibility index (Phi) is 4.03. The van der Waals surface area contributed by atoms with E-state index in [2.05, 4.69) is 32.3 Å². The quantitative estimate of drug-likeness (QED) is 0.644. The van der Waals surface area contributed by atoms with Gasteiger partial charge in [0.05, 0.1) is 0 Å². The smallest absolute Gasteiger partial charge is 0.0183 e. The van der Waals surface area contributed by atoms with E-state index in [0.717, 1.165) is 6.54 Å². The summed E-state index contributed by atoms with van der Waals surface area (Å²) in [5, 5.41) is 0. The fourth-order valence-corrected chi connectivity index (χ4v) is 2.93. The second-order valence-corrected chi connectivity index (χ2v) is 4.56. The van der Waals surface area contributed by atoms with Gasteiger partial charge in [0.15, 0.2) is 0 Å². The molecule has 1 aliphatic rings. The predicted octanol–water partition coefficient (Wildman–Crippen LogP) is 3.81. The highest BCUT2D eigenvalue weighted by molar-refractivity contribution is 5.14. The number of likely N-dealkylation sites (tertiary alicyclic amines) is 1. The van der Waals surface area contributed by atoms with Crippen LogP contribution in [0, 0.1) is 5.41 Å². The highest BCUT2D eigenvalue weighted by Gasteiger charge is 2.39. The molecule has 0 aliphatic carbocycles. The van der Waals surface area contributed by atoms with Crippen LogP contribution < -0.4 is 0 Å². The third-order valence-corrected chi connectivity index (χ3v) is 3.69. The summed E-state index contributed by atoms with van der Waals surface area (Å²) >= 11 is 0. The van der Waals surface area contributed by atoms with Gasteiger partial charge >= 0.3 is 0 Å². The molecule has 1 saturated heterocycles. The Morgan fingerprint density at radius 1 is 1.21 bits per heavy atom. The average molecular weight is 195 g/mol. The summed E-state index contributed by atoms with van der Waals surface area (Å²) in [4.78, 5) is 2.46. The monoisotopic (exact) mass is 195 g/mol. The molecule has 1 heterocycles. The van der Waals surface area contributed by atoms with Gasteiger partial charge in [0, 0.05) is 24.2 Å². The first-order valence-corrected chi connectivity index (χ1v) is 6.14. The van der Waals surface area contributed by atoms with Crippen molar-refractivity contribution < 1.29 is 0 Å². The topological polar surface area (TPSA) is 3.24 Å². The number of hydrogen-bond donors (Lipinski definition) is 0. The van der Waals surface area contributed by atoms with Gasteiger partial charge in [-0.05, 0) is 26.2 Å². The average Bonchev–Trinajstić information content (AvgIpc) is 2.46. The van der Waals surface area contributed by atoms with Crippen LogP contribution in [0.3, 0.4) is 0 Å². The molecular formula is C13H25N. The highest BCUT2D eigenvalue weighted by atomic mass is 15.2. The van der Waals surface area contributed by atoms with E-state index in [1.54, 1.807) is 0 Å². The molecule has 1 heteroatoms. The Morgan fingerprint density at radius 3 is 2.14 bits per heavy atom. The zero-order valence-corrected chi connectivity index (χ0v) is 10.1. The first-order chi connectivity index (χ1) is 6.70. The normalized spacial score (nSPS) is 20.5. The molecule has 0 aromatic carbocycles. The maximum Gasteiger partial charge on any atom is 0.0183 e. The van der Waals surface area contributed by atoms with Gasteiger partial charge in [-0.3, -0.25) is 0 Å². The van der Waals surface area contributed by atoms with E-state index in [9.17, 15) is 0 Å². The molecule has 0 aromatic rings. The van der Waals surface area contributed by atoms with Crippen molar-refractivity contribution in [2.75, 3.05) is 13.1 Å². The molecular weight excluding hydrogens is 170 g/mol. The molecule has 1 rings (SSSR count). The molecule has 0 amide bonds. The van der Waals surface area contributed by atoms with Gasteiger partial charge in [-0.25, -0.2) is 0 Å². The standard InChI is InChI=1S/C13H25N/c1-5-8-13(9-6-2)10-11-14(7-3)12(13)4/h4-11H2,1-3H3.